The molecule has 1 saturated carbocycles. The SMILES string of the molecule is COCCCNC(=O)CC(N)C1CC1. The zero-order valence-corrected chi connectivity index (χ0v) is 8.79. The van der Waals surface area contributed by atoms with Crippen molar-refractivity contribution in [1.82, 2.24) is 5.32 Å². The third-order valence-electron chi connectivity index (χ3n) is 2.50. The minimum absolute atomic E-state index is 0.0671. The molecule has 1 unspecified atom stereocenters. The zero-order chi connectivity index (χ0) is 10.4. The van der Waals surface area contributed by atoms with E-state index in [0.717, 1.165) is 6.42 Å². The number of carbonyl (C=O) groups is 1. The van der Waals surface area contributed by atoms with E-state index >= 15 is 0 Å². The van der Waals surface area contributed by atoms with E-state index in [1.807, 2.05) is 0 Å². The standard InChI is InChI=1S/C10H20N2O2/c1-14-6-2-5-12-10(13)7-9(11)8-3-4-8/h8-9H,2-7,11H2,1H3,(H,12,13). The van der Waals surface area contributed by atoms with Crippen LogP contribution in [0, 0.1) is 5.92 Å². The highest BCUT2D eigenvalue weighted by Gasteiger charge is 2.29. The quantitative estimate of drug-likeness (QED) is 0.580. The summed E-state index contributed by atoms with van der Waals surface area (Å²) in [4.78, 5) is 11.3. The molecule has 0 aromatic heterocycles. The molecule has 0 saturated heterocycles. The summed E-state index contributed by atoms with van der Waals surface area (Å²) in [7, 11) is 1.66. The van der Waals surface area contributed by atoms with E-state index in [2.05, 4.69) is 5.32 Å². The van der Waals surface area contributed by atoms with Gasteiger partial charge in [0.15, 0.2) is 0 Å². The second kappa shape index (κ2) is 5.98. The lowest BCUT2D eigenvalue weighted by Crippen LogP contribution is -2.33. The average Bonchev–Trinajstić information content (AvgIpc) is 2.95. The van der Waals surface area contributed by atoms with Crippen LogP contribution in [0.2, 0.25) is 0 Å². The van der Waals surface area contributed by atoms with Crippen molar-refractivity contribution in [2.24, 2.45) is 11.7 Å². The van der Waals surface area contributed by atoms with E-state index in [1.165, 1.54) is 12.8 Å². The molecular formula is C10H20N2O2. The summed E-state index contributed by atoms with van der Waals surface area (Å²) in [6.45, 7) is 1.37. The molecule has 0 spiro atoms. The third-order valence-corrected chi connectivity index (χ3v) is 2.50. The Kier molecular flexibility index (Phi) is 4.90. The largest absolute Gasteiger partial charge is 0.385 e. The molecule has 3 N–H and O–H groups in total. The van der Waals surface area contributed by atoms with Crippen LogP contribution in [0.3, 0.4) is 0 Å². The second-order valence-corrected chi connectivity index (χ2v) is 3.90. The van der Waals surface area contributed by atoms with Crippen molar-refractivity contribution >= 4 is 5.91 Å². The van der Waals surface area contributed by atoms with E-state index in [9.17, 15) is 4.79 Å². The summed E-state index contributed by atoms with van der Waals surface area (Å²) in [6, 6.07) is 0.0671. The van der Waals surface area contributed by atoms with E-state index < -0.39 is 0 Å². The highest BCUT2D eigenvalue weighted by Crippen LogP contribution is 2.32. The molecule has 0 aromatic carbocycles. The number of amides is 1. The molecule has 4 heteroatoms. The van der Waals surface area contributed by atoms with Crippen LogP contribution in [0.5, 0.6) is 0 Å². The van der Waals surface area contributed by atoms with Gasteiger partial charge >= 0.3 is 0 Å². The third kappa shape index (κ3) is 4.58. The number of hydrogen-bond acceptors (Lipinski definition) is 3. The fraction of sp³-hybridized carbons (Fsp3) is 0.900. The van der Waals surface area contributed by atoms with Crippen molar-refractivity contribution in [2.75, 3.05) is 20.3 Å². The molecule has 1 rings (SSSR count). The molecule has 0 bridgehead atoms. The molecule has 0 radical (unpaired) electrons. The predicted octanol–water partition coefficient (Wildman–Crippen LogP) is 0.267. The normalized spacial score (nSPS) is 17.9. The van der Waals surface area contributed by atoms with Crippen LogP contribution < -0.4 is 11.1 Å². The highest BCUT2D eigenvalue weighted by molar-refractivity contribution is 5.76. The molecule has 1 fully saturated rings. The van der Waals surface area contributed by atoms with E-state index in [0.29, 0.717) is 25.5 Å². The number of ether oxygens (including phenoxy) is 1. The minimum atomic E-state index is 0.0671. The Morgan fingerprint density at radius 3 is 2.93 bits per heavy atom. The van der Waals surface area contributed by atoms with Crippen molar-refractivity contribution in [3.63, 3.8) is 0 Å². The number of hydrogen-bond donors (Lipinski definition) is 2. The monoisotopic (exact) mass is 200 g/mol. The summed E-state index contributed by atoms with van der Waals surface area (Å²) in [5.41, 5.74) is 5.82. The first kappa shape index (κ1) is 11.5. The van der Waals surface area contributed by atoms with Gasteiger partial charge in [-0.25, -0.2) is 0 Å². The molecular weight excluding hydrogens is 180 g/mol. The van der Waals surface area contributed by atoms with Crippen molar-refractivity contribution in [3.8, 4) is 0 Å². The first-order valence-corrected chi connectivity index (χ1v) is 5.25. The molecule has 0 heterocycles. The summed E-state index contributed by atoms with van der Waals surface area (Å²) in [6.07, 6.45) is 3.72. The predicted molar refractivity (Wildman–Crippen MR) is 54.8 cm³/mol. The topological polar surface area (TPSA) is 64.3 Å². The fourth-order valence-electron chi connectivity index (χ4n) is 1.42. The number of carbonyl (C=O) groups excluding carboxylic acids is 1. The number of nitrogens with two attached hydrogens (primary N) is 1. The molecule has 0 aromatic rings. The van der Waals surface area contributed by atoms with Gasteiger partial charge in [-0.2, -0.15) is 0 Å². The molecule has 0 aliphatic heterocycles. The van der Waals surface area contributed by atoms with Crippen LogP contribution in [0.4, 0.5) is 0 Å². The highest BCUT2D eigenvalue weighted by atomic mass is 16.5. The van der Waals surface area contributed by atoms with Gasteiger partial charge in [-0.1, -0.05) is 0 Å². The molecule has 1 amide bonds. The summed E-state index contributed by atoms with van der Waals surface area (Å²) < 4.78 is 4.88. The smallest absolute Gasteiger partial charge is 0.221 e. The lowest BCUT2D eigenvalue weighted by molar-refractivity contribution is -0.121. The summed E-state index contributed by atoms with van der Waals surface area (Å²) in [5, 5.41) is 2.83. The van der Waals surface area contributed by atoms with Crippen molar-refractivity contribution in [1.29, 1.82) is 0 Å². The van der Waals surface area contributed by atoms with E-state index in [-0.39, 0.29) is 11.9 Å². The van der Waals surface area contributed by atoms with Crippen LogP contribution in [-0.2, 0) is 9.53 Å². The Morgan fingerprint density at radius 2 is 2.36 bits per heavy atom. The molecule has 1 aliphatic carbocycles. The van der Waals surface area contributed by atoms with Gasteiger partial charge in [0.1, 0.15) is 0 Å². The van der Waals surface area contributed by atoms with Crippen LogP contribution in [0.15, 0.2) is 0 Å². The van der Waals surface area contributed by atoms with E-state index in [1.54, 1.807) is 7.11 Å². The molecule has 1 aliphatic rings. The van der Waals surface area contributed by atoms with Gasteiger partial charge < -0.3 is 15.8 Å². The van der Waals surface area contributed by atoms with Crippen LogP contribution in [0.1, 0.15) is 25.7 Å². The summed E-state index contributed by atoms with van der Waals surface area (Å²) >= 11 is 0. The van der Waals surface area contributed by atoms with Gasteiger partial charge in [-0.15, -0.1) is 0 Å². The van der Waals surface area contributed by atoms with Gasteiger partial charge in [0, 0.05) is 32.7 Å². The second-order valence-electron chi connectivity index (χ2n) is 3.90. The molecule has 82 valence electrons. The zero-order valence-electron chi connectivity index (χ0n) is 8.79. The van der Waals surface area contributed by atoms with Crippen molar-refractivity contribution < 1.29 is 9.53 Å². The minimum Gasteiger partial charge on any atom is -0.385 e. The Labute approximate surface area is 85.2 Å². The first-order chi connectivity index (χ1) is 6.74. The van der Waals surface area contributed by atoms with Crippen LogP contribution in [0.25, 0.3) is 0 Å². The first-order valence-electron chi connectivity index (χ1n) is 5.25. The Bertz CT molecular complexity index is 181. The van der Waals surface area contributed by atoms with Gasteiger partial charge in [0.2, 0.25) is 5.91 Å². The Balaban J connectivity index is 1.97. The van der Waals surface area contributed by atoms with Gasteiger partial charge in [0.25, 0.3) is 0 Å². The van der Waals surface area contributed by atoms with Crippen LogP contribution in [-0.4, -0.2) is 32.2 Å². The maximum atomic E-state index is 11.3. The number of methoxy groups -OCH3 is 1. The average molecular weight is 200 g/mol. The van der Waals surface area contributed by atoms with E-state index in [4.69, 9.17) is 10.5 Å². The maximum Gasteiger partial charge on any atom is 0.221 e. The molecule has 4 nitrogen and oxygen atoms in total. The van der Waals surface area contributed by atoms with Crippen molar-refractivity contribution in [3.05, 3.63) is 0 Å². The lowest BCUT2D eigenvalue weighted by Gasteiger charge is -2.10. The van der Waals surface area contributed by atoms with Gasteiger partial charge in [0.05, 0.1) is 0 Å². The Hall–Kier alpha value is -0.610. The maximum absolute atomic E-state index is 11.3. The van der Waals surface area contributed by atoms with Crippen molar-refractivity contribution in [2.45, 2.75) is 31.7 Å². The van der Waals surface area contributed by atoms with Gasteiger partial charge in [-0.05, 0) is 25.2 Å². The molecule has 14 heavy (non-hydrogen) atoms. The number of rotatable bonds is 7. The summed E-state index contributed by atoms with van der Waals surface area (Å²) in [5.74, 6) is 0.667. The van der Waals surface area contributed by atoms with Crippen LogP contribution >= 0.6 is 0 Å². The fourth-order valence-corrected chi connectivity index (χ4v) is 1.42. The van der Waals surface area contributed by atoms with Gasteiger partial charge in [-0.3, -0.25) is 4.79 Å². The number of nitrogens with one attached hydrogen (secondary N) is 1. The Morgan fingerprint density at radius 1 is 1.64 bits per heavy atom. The lowest BCUT2D eigenvalue weighted by atomic mass is 10.1. The molecule has 1 atom stereocenters.